The molecule has 3 aromatic carbocycles. The molecule has 0 spiro atoms. The number of ether oxygens (including phenoxy) is 2. The van der Waals surface area contributed by atoms with Gasteiger partial charge in [0.15, 0.2) is 0 Å². The summed E-state index contributed by atoms with van der Waals surface area (Å²) >= 11 is 0. The van der Waals surface area contributed by atoms with Gasteiger partial charge in [-0.2, -0.15) is 17.6 Å². The Hall–Kier alpha value is -4.63. The highest BCUT2D eigenvalue weighted by molar-refractivity contribution is 6.02. The van der Waals surface area contributed by atoms with Crippen molar-refractivity contribution in [2.45, 2.75) is 32.6 Å². The summed E-state index contributed by atoms with van der Waals surface area (Å²) in [5.74, 6) is -34.1. The average molecular weight is 625 g/mol. The molecule has 0 saturated carbocycles. The summed E-state index contributed by atoms with van der Waals surface area (Å²) in [6.45, 7) is 1.99. The zero-order chi connectivity index (χ0) is 32.2. The number of unbranched alkanes of at least 4 members (excludes halogenated alkanes) is 3. The van der Waals surface area contributed by atoms with E-state index in [1.54, 1.807) is 0 Å². The molecule has 1 N–H and O–H groups in total. The van der Waals surface area contributed by atoms with E-state index < -0.39 is 104 Å². The minimum atomic E-state index is -2.56. The Balaban J connectivity index is 2.03. The molecule has 16 heteroatoms. The summed E-state index contributed by atoms with van der Waals surface area (Å²) in [5, 5.41) is 2.40. The molecule has 43 heavy (non-hydrogen) atoms. The highest BCUT2D eigenvalue weighted by Crippen LogP contribution is 2.31. The number of carbonyl (C=O) groups excluding carboxylic acids is 3. The van der Waals surface area contributed by atoms with Crippen molar-refractivity contribution in [2.75, 3.05) is 6.54 Å². The van der Waals surface area contributed by atoms with Gasteiger partial charge in [0.1, 0.15) is 0 Å². The van der Waals surface area contributed by atoms with Crippen LogP contribution in [-0.2, 0) is 0 Å². The highest BCUT2D eigenvalue weighted by Gasteiger charge is 2.31. The lowest BCUT2D eigenvalue weighted by atomic mass is 10.0. The van der Waals surface area contributed by atoms with Gasteiger partial charge >= 0.3 is 11.9 Å². The van der Waals surface area contributed by atoms with Gasteiger partial charge < -0.3 is 14.8 Å². The van der Waals surface area contributed by atoms with Crippen molar-refractivity contribution in [1.29, 1.82) is 0 Å². The van der Waals surface area contributed by atoms with E-state index in [1.165, 1.54) is 0 Å². The number of carbonyl (C=O) groups is 3. The number of esters is 2. The molecule has 3 aromatic rings. The lowest BCUT2D eigenvalue weighted by Crippen LogP contribution is -2.26. The van der Waals surface area contributed by atoms with Crippen LogP contribution in [0.3, 0.4) is 0 Å². The van der Waals surface area contributed by atoms with Gasteiger partial charge in [0.25, 0.3) is 5.91 Å². The summed E-state index contributed by atoms with van der Waals surface area (Å²) < 4.78 is 146. The molecule has 230 valence electrons. The maximum Gasteiger partial charge on any atom is 0.343 e. The molecule has 0 unspecified atom stereocenters. The second-order valence-corrected chi connectivity index (χ2v) is 8.69. The number of rotatable bonds is 10. The Morgan fingerprint density at radius 2 is 0.884 bits per heavy atom. The quantitative estimate of drug-likeness (QED) is 0.0668. The topological polar surface area (TPSA) is 81.7 Å². The first kappa shape index (κ1) is 32.9. The summed E-state index contributed by atoms with van der Waals surface area (Å²) in [6, 6.07) is 1.75. The third-order valence-electron chi connectivity index (χ3n) is 5.71. The molecule has 6 nitrogen and oxygen atoms in total. The van der Waals surface area contributed by atoms with Crippen LogP contribution in [0.4, 0.5) is 43.9 Å². The molecule has 0 aromatic heterocycles. The van der Waals surface area contributed by atoms with Gasteiger partial charge in [0.05, 0.1) is 11.1 Å². The molecule has 0 atom stereocenters. The van der Waals surface area contributed by atoms with Crippen molar-refractivity contribution in [1.82, 2.24) is 5.32 Å². The van der Waals surface area contributed by atoms with E-state index in [0.717, 1.165) is 12.8 Å². The number of hydrogen-bond acceptors (Lipinski definition) is 5. The van der Waals surface area contributed by atoms with Gasteiger partial charge in [-0.25, -0.2) is 35.9 Å². The second-order valence-electron chi connectivity index (χ2n) is 8.69. The first-order chi connectivity index (χ1) is 20.2. The van der Waals surface area contributed by atoms with Crippen molar-refractivity contribution in [3.8, 4) is 11.5 Å². The number of halogens is 10. The van der Waals surface area contributed by atoms with E-state index in [1.807, 2.05) is 6.92 Å². The number of amides is 1. The average Bonchev–Trinajstić information content (AvgIpc) is 3.00. The summed E-state index contributed by atoms with van der Waals surface area (Å²) in [5.41, 5.74) is -2.52. The van der Waals surface area contributed by atoms with Crippen molar-refractivity contribution < 1.29 is 67.8 Å². The SMILES string of the molecule is CCCCCCNC(=O)c1cc(C(=O)Oc2c(F)c(F)c(F)c(F)c2F)cc(C(=O)Oc2c(F)c(F)c(F)c(F)c2F)c1. The normalized spacial score (nSPS) is 11.0. The molecule has 0 fully saturated rings. The van der Waals surface area contributed by atoms with Crippen molar-refractivity contribution in [3.05, 3.63) is 93.1 Å². The van der Waals surface area contributed by atoms with E-state index >= 15 is 0 Å². The van der Waals surface area contributed by atoms with E-state index in [4.69, 9.17) is 0 Å². The third-order valence-corrected chi connectivity index (χ3v) is 5.71. The first-order valence-electron chi connectivity index (χ1n) is 12.1. The zero-order valence-electron chi connectivity index (χ0n) is 21.6. The molecule has 0 aliphatic heterocycles. The second kappa shape index (κ2) is 13.6. The molecule has 0 heterocycles. The Labute approximate surface area is 235 Å². The van der Waals surface area contributed by atoms with Gasteiger partial charge in [-0.05, 0) is 24.6 Å². The van der Waals surface area contributed by atoms with Crippen molar-refractivity contribution in [3.63, 3.8) is 0 Å². The van der Waals surface area contributed by atoms with E-state index in [-0.39, 0.29) is 6.54 Å². The Morgan fingerprint density at radius 3 is 1.26 bits per heavy atom. The predicted octanol–water partition coefficient (Wildman–Crippen LogP) is 6.83. The Morgan fingerprint density at radius 1 is 0.535 bits per heavy atom. The third kappa shape index (κ3) is 6.89. The molecule has 0 aliphatic rings. The maximum absolute atomic E-state index is 14.0. The summed E-state index contributed by atoms with van der Waals surface area (Å²) in [4.78, 5) is 38.0. The number of hydrogen-bond donors (Lipinski definition) is 1. The fourth-order valence-electron chi connectivity index (χ4n) is 3.50. The van der Waals surface area contributed by atoms with Gasteiger partial charge in [0.2, 0.25) is 69.7 Å². The summed E-state index contributed by atoms with van der Waals surface area (Å²) in [6.07, 6.45) is 2.86. The molecule has 0 bridgehead atoms. The van der Waals surface area contributed by atoms with E-state index in [0.29, 0.717) is 31.0 Å². The van der Waals surface area contributed by atoms with Crippen LogP contribution in [0.5, 0.6) is 11.5 Å². The van der Waals surface area contributed by atoms with Crippen molar-refractivity contribution >= 4 is 17.8 Å². The molecule has 0 radical (unpaired) electrons. The number of benzene rings is 3. The minimum Gasteiger partial charge on any atom is -0.416 e. The van der Waals surface area contributed by atoms with Crippen LogP contribution in [0.15, 0.2) is 18.2 Å². The predicted molar refractivity (Wildman–Crippen MR) is 125 cm³/mol. The van der Waals surface area contributed by atoms with Crippen LogP contribution in [0.2, 0.25) is 0 Å². The van der Waals surface area contributed by atoms with Gasteiger partial charge in [-0.15, -0.1) is 0 Å². The smallest absolute Gasteiger partial charge is 0.343 e. The molecule has 0 saturated heterocycles. The lowest BCUT2D eigenvalue weighted by molar-refractivity contribution is 0.0715. The standard InChI is InChI=1S/C27H17F10NO5/c1-2-3-4-5-6-38-25(39)10-7-11(26(40)42-23-19(34)15(30)13(28)16(31)20(23)35)9-12(8-10)27(41)43-24-21(36)17(32)14(29)18(33)22(24)37/h7-9H,2-6H2,1H3,(H,38,39). The van der Waals surface area contributed by atoms with E-state index in [9.17, 15) is 58.3 Å². The van der Waals surface area contributed by atoms with Crippen LogP contribution in [0.25, 0.3) is 0 Å². The largest absolute Gasteiger partial charge is 0.416 e. The number of nitrogens with one attached hydrogen (secondary N) is 1. The lowest BCUT2D eigenvalue weighted by Gasteiger charge is -2.12. The van der Waals surface area contributed by atoms with Crippen LogP contribution < -0.4 is 14.8 Å². The maximum atomic E-state index is 14.0. The fourth-order valence-corrected chi connectivity index (χ4v) is 3.50. The summed E-state index contributed by atoms with van der Waals surface area (Å²) in [7, 11) is 0. The van der Waals surface area contributed by atoms with Crippen LogP contribution in [0.1, 0.15) is 63.7 Å². The fraction of sp³-hybridized carbons (Fsp3) is 0.222. The molecule has 1 amide bonds. The molecular weight excluding hydrogens is 608 g/mol. The first-order valence-corrected chi connectivity index (χ1v) is 12.1. The van der Waals surface area contributed by atoms with Gasteiger partial charge in [0, 0.05) is 12.1 Å². The van der Waals surface area contributed by atoms with Crippen molar-refractivity contribution in [2.24, 2.45) is 0 Å². The minimum absolute atomic E-state index is 0.0718. The molecule has 3 rings (SSSR count). The van der Waals surface area contributed by atoms with Crippen LogP contribution >= 0.6 is 0 Å². The van der Waals surface area contributed by atoms with Crippen LogP contribution in [-0.4, -0.2) is 24.4 Å². The van der Waals surface area contributed by atoms with Crippen LogP contribution in [0, 0.1) is 58.2 Å². The van der Waals surface area contributed by atoms with Gasteiger partial charge in [-0.1, -0.05) is 26.2 Å². The Bertz CT molecular complexity index is 1450. The van der Waals surface area contributed by atoms with E-state index in [2.05, 4.69) is 14.8 Å². The highest BCUT2D eigenvalue weighted by atomic mass is 19.2. The zero-order valence-corrected chi connectivity index (χ0v) is 21.6. The molecular formula is C27H17F10NO5. The Kier molecular flexibility index (Phi) is 10.4. The molecule has 0 aliphatic carbocycles. The van der Waals surface area contributed by atoms with Gasteiger partial charge in [-0.3, -0.25) is 4.79 Å². The monoisotopic (exact) mass is 625 g/mol.